The molecule has 0 fully saturated rings. The van der Waals surface area contributed by atoms with Crippen LogP contribution in [-0.2, 0) is 19.0 Å². The topological polar surface area (TPSA) is 39.6 Å². The fourth-order valence-corrected chi connectivity index (χ4v) is 3.50. The van der Waals surface area contributed by atoms with Crippen LogP contribution < -0.4 is 0 Å². The number of benzene rings is 1. The van der Waals surface area contributed by atoms with Crippen molar-refractivity contribution in [1.29, 1.82) is 5.26 Å². The summed E-state index contributed by atoms with van der Waals surface area (Å²) in [5.74, 6) is 0.0146. The van der Waals surface area contributed by atoms with Gasteiger partial charge in [-0.15, -0.1) is 0 Å². The van der Waals surface area contributed by atoms with Crippen molar-refractivity contribution in [2.24, 2.45) is 0 Å². The number of aryl methyl sites for hydroxylation is 1. The maximum atomic E-state index is 13.5. The number of nitriles is 1. The van der Waals surface area contributed by atoms with Crippen LogP contribution in [0, 0.1) is 16.0 Å². The van der Waals surface area contributed by atoms with E-state index in [1.165, 1.54) is 0 Å². The summed E-state index contributed by atoms with van der Waals surface area (Å²) in [7, 11) is 0. The maximum absolute atomic E-state index is 13.5. The van der Waals surface area contributed by atoms with E-state index >= 15 is 0 Å². The third-order valence-corrected chi connectivity index (χ3v) is 4.57. The van der Waals surface area contributed by atoms with Crippen LogP contribution in [0.4, 0.5) is 13.2 Å². The molecule has 23 heavy (non-hydrogen) atoms. The van der Waals surface area contributed by atoms with Gasteiger partial charge in [-0.3, -0.25) is 0 Å². The van der Waals surface area contributed by atoms with Gasteiger partial charge < -0.3 is 4.98 Å². The molecule has 2 aromatic rings. The number of hydrogen-bond acceptors (Lipinski definition) is 2. The highest BCUT2D eigenvalue weighted by atomic mass is 32.1. The Morgan fingerprint density at radius 1 is 1.22 bits per heavy atom. The highest BCUT2D eigenvalue weighted by Crippen LogP contribution is 2.41. The quantitative estimate of drug-likeness (QED) is 0.753. The second-order valence-corrected chi connectivity index (χ2v) is 6.03. The molecular weight excluding hydrogens is 321 g/mol. The van der Waals surface area contributed by atoms with Crippen LogP contribution in [0.5, 0.6) is 0 Å². The molecule has 0 saturated heterocycles. The number of alkyl halides is 3. The number of nitrogens with zero attached hydrogens (tertiary/aromatic N) is 1. The first-order chi connectivity index (χ1) is 10.9. The first-order valence-electron chi connectivity index (χ1n) is 7.22. The molecular formula is C17H13F3N2S. The summed E-state index contributed by atoms with van der Waals surface area (Å²) in [4.78, 5) is 2.82. The van der Waals surface area contributed by atoms with Gasteiger partial charge in [-0.1, -0.05) is 42.5 Å². The van der Waals surface area contributed by atoms with Crippen molar-refractivity contribution in [2.45, 2.75) is 31.4 Å². The first-order valence-corrected chi connectivity index (χ1v) is 7.63. The van der Waals surface area contributed by atoms with Crippen molar-refractivity contribution in [2.75, 3.05) is 0 Å². The Bertz CT molecular complexity index is 832. The van der Waals surface area contributed by atoms with Gasteiger partial charge >= 0.3 is 6.18 Å². The largest absolute Gasteiger partial charge is 0.418 e. The van der Waals surface area contributed by atoms with Gasteiger partial charge in [0.05, 0.1) is 11.1 Å². The summed E-state index contributed by atoms with van der Waals surface area (Å²) >= 11 is 4.94. The summed E-state index contributed by atoms with van der Waals surface area (Å²) in [5, 5.41) is 9.11. The molecule has 6 heteroatoms. The monoisotopic (exact) mass is 334 g/mol. The number of H-pyrrole nitrogens is 1. The lowest BCUT2D eigenvalue weighted by Gasteiger charge is -2.28. The minimum atomic E-state index is -4.59. The first kappa shape index (κ1) is 15.8. The predicted molar refractivity (Wildman–Crippen MR) is 82.6 cm³/mol. The highest BCUT2D eigenvalue weighted by Gasteiger charge is 2.40. The number of halogens is 3. The fourth-order valence-electron chi connectivity index (χ4n) is 3.23. The summed E-state index contributed by atoms with van der Waals surface area (Å²) in [6.45, 7) is 0. The Hall–Kier alpha value is -2.13. The van der Waals surface area contributed by atoms with Crippen LogP contribution in [0.1, 0.15) is 40.3 Å². The van der Waals surface area contributed by atoms with Crippen molar-refractivity contribution < 1.29 is 13.2 Å². The lowest BCUT2D eigenvalue weighted by atomic mass is 9.80. The average Bonchev–Trinajstić information content (AvgIpc) is 2.53. The van der Waals surface area contributed by atoms with Gasteiger partial charge in [0.25, 0.3) is 0 Å². The van der Waals surface area contributed by atoms with E-state index in [2.05, 4.69) is 4.98 Å². The Morgan fingerprint density at radius 3 is 2.52 bits per heavy atom. The summed E-state index contributed by atoms with van der Waals surface area (Å²) in [6, 6.07) is 11.1. The zero-order valence-electron chi connectivity index (χ0n) is 12.1. The zero-order chi connectivity index (χ0) is 16.6. The molecule has 1 aliphatic rings. The molecule has 118 valence electrons. The van der Waals surface area contributed by atoms with E-state index in [9.17, 15) is 13.2 Å². The van der Waals surface area contributed by atoms with Crippen LogP contribution >= 0.6 is 12.2 Å². The van der Waals surface area contributed by atoms with Gasteiger partial charge in [-0.2, -0.15) is 18.4 Å². The van der Waals surface area contributed by atoms with Crippen molar-refractivity contribution in [3.8, 4) is 6.07 Å². The number of rotatable bonds is 1. The van der Waals surface area contributed by atoms with Crippen LogP contribution in [-0.4, -0.2) is 4.98 Å². The van der Waals surface area contributed by atoms with Crippen LogP contribution in [0.2, 0.25) is 0 Å². The van der Waals surface area contributed by atoms with E-state index < -0.39 is 17.3 Å². The molecule has 0 bridgehead atoms. The molecule has 1 aromatic heterocycles. The van der Waals surface area contributed by atoms with Crippen molar-refractivity contribution in [3.63, 3.8) is 0 Å². The molecule has 1 aromatic carbocycles. The van der Waals surface area contributed by atoms with Crippen molar-refractivity contribution >= 4 is 12.2 Å². The third kappa shape index (κ3) is 2.89. The number of aromatic amines is 1. The van der Waals surface area contributed by atoms with E-state index in [0.29, 0.717) is 12.1 Å². The normalized spacial score (nSPS) is 17.4. The van der Waals surface area contributed by atoms with Gasteiger partial charge in [0, 0.05) is 5.69 Å². The van der Waals surface area contributed by atoms with Gasteiger partial charge in [0.15, 0.2) is 0 Å². The van der Waals surface area contributed by atoms with E-state index in [1.54, 1.807) is 6.07 Å². The second-order valence-electron chi connectivity index (χ2n) is 5.62. The summed E-state index contributed by atoms with van der Waals surface area (Å²) < 4.78 is 40.4. The molecule has 0 spiro atoms. The third-order valence-electron chi connectivity index (χ3n) is 4.27. The van der Waals surface area contributed by atoms with E-state index in [0.717, 1.165) is 12.0 Å². The van der Waals surface area contributed by atoms with Crippen LogP contribution in [0.25, 0.3) is 0 Å². The van der Waals surface area contributed by atoms with Gasteiger partial charge in [0.1, 0.15) is 10.7 Å². The Balaban J connectivity index is 2.15. The van der Waals surface area contributed by atoms with Crippen molar-refractivity contribution in [1.82, 2.24) is 4.98 Å². The predicted octanol–water partition coefficient (Wildman–Crippen LogP) is 4.91. The molecule has 1 N–H and O–H groups in total. The van der Waals surface area contributed by atoms with E-state index in [4.69, 9.17) is 17.5 Å². The molecule has 0 amide bonds. The Morgan fingerprint density at radius 2 is 1.91 bits per heavy atom. The average molecular weight is 334 g/mol. The molecule has 0 saturated carbocycles. The van der Waals surface area contributed by atoms with E-state index in [1.807, 2.05) is 30.3 Å². The van der Waals surface area contributed by atoms with Crippen LogP contribution in [0.15, 0.2) is 30.3 Å². The minimum absolute atomic E-state index is 0.0146. The standard InChI is InChI=1S/C17H13F3N2S/c18-17(19,20)15-12-8-11(10-4-2-1-3-5-10)6-7-14(12)22-16(23)13(15)9-21/h1-5,11H,6-8H2,(H,22,23). The number of pyridine rings is 1. The molecule has 3 rings (SSSR count). The molecule has 2 nitrogen and oxygen atoms in total. The molecule has 0 radical (unpaired) electrons. The fraction of sp³-hybridized carbons (Fsp3) is 0.294. The SMILES string of the molecule is N#Cc1c(C(F)(F)F)c2c([nH]c1=S)CCC(c1ccccc1)C2. The molecule has 1 heterocycles. The smallest absolute Gasteiger partial charge is 0.349 e. The van der Waals surface area contributed by atoms with Gasteiger partial charge in [-0.05, 0) is 36.3 Å². The summed E-state index contributed by atoms with van der Waals surface area (Å²) in [5.41, 5.74) is 0.378. The lowest BCUT2D eigenvalue weighted by Crippen LogP contribution is -2.22. The lowest BCUT2D eigenvalue weighted by molar-refractivity contribution is -0.138. The Kier molecular flexibility index (Phi) is 3.99. The summed E-state index contributed by atoms with van der Waals surface area (Å²) in [6.07, 6.45) is -3.08. The zero-order valence-corrected chi connectivity index (χ0v) is 12.9. The van der Waals surface area contributed by atoms with Crippen LogP contribution in [0.3, 0.4) is 0 Å². The molecule has 1 unspecified atom stereocenters. The maximum Gasteiger partial charge on any atom is 0.418 e. The highest BCUT2D eigenvalue weighted by molar-refractivity contribution is 7.71. The molecule has 0 aliphatic heterocycles. The number of fused-ring (bicyclic) bond motifs is 1. The molecule has 1 aliphatic carbocycles. The second kappa shape index (κ2) is 5.82. The number of hydrogen-bond donors (Lipinski definition) is 1. The number of aromatic nitrogens is 1. The van der Waals surface area contributed by atoms with E-state index in [-0.39, 0.29) is 22.5 Å². The Labute approximate surface area is 136 Å². The van der Waals surface area contributed by atoms with Gasteiger partial charge in [-0.25, -0.2) is 0 Å². The number of nitrogens with one attached hydrogen (secondary N) is 1. The van der Waals surface area contributed by atoms with Crippen molar-refractivity contribution in [3.05, 3.63) is 62.9 Å². The minimum Gasteiger partial charge on any atom is -0.349 e. The van der Waals surface area contributed by atoms with Gasteiger partial charge in [0.2, 0.25) is 0 Å². The molecule has 1 atom stereocenters.